The molecule has 0 saturated carbocycles. The zero-order valence-corrected chi connectivity index (χ0v) is 9.48. The number of anilines is 1. The molecule has 0 bridgehead atoms. The molecule has 0 spiro atoms. The van der Waals surface area contributed by atoms with Crippen molar-refractivity contribution in [2.45, 2.75) is 6.92 Å². The Morgan fingerprint density at radius 1 is 1.31 bits per heavy atom. The molecule has 0 fully saturated rings. The van der Waals surface area contributed by atoms with Gasteiger partial charge >= 0.3 is 0 Å². The van der Waals surface area contributed by atoms with Gasteiger partial charge in [0.2, 0.25) is 0 Å². The van der Waals surface area contributed by atoms with Crippen LogP contribution in [0.2, 0.25) is 0 Å². The number of para-hydroxylation sites is 1. The van der Waals surface area contributed by atoms with E-state index in [1.807, 2.05) is 30.3 Å². The number of nitrogens with two attached hydrogens (primary N) is 2. The van der Waals surface area contributed by atoms with Crippen LogP contribution >= 0.6 is 0 Å². The molecule has 0 aromatic heterocycles. The molecular weight excluding hydrogens is 200 g/mol. The van der Waals surface area contributed by atoms with Gasteiger partial charge in [0.05, 0.1) is 11.4 Å². The molecule has 2 rings (SSSR count). The maximum absolute atomic E-state index is 6.12. The zero-order valence-electron chi connectivity index (χ0n) is 9.48. The first kappa shape index (κ1) is 11.0. The van der Waals surface area contributed by atoms with E-state index < -0.39 is 0 Å². The van der Waals surface area contributed by atoms with Crippen molar-refractivity contribution in [1.29, 1.82) is 0 Å². The maximum atomic E-state index is 6.12. The van der Waals surface area contributed by atoms with Crippen LogP contribution < -0.4 is 21.9 Å². The Labute approximate surface area is 95.9 Å². The predicted octanol–water partition coefficient (Wildman–Crippen LogP) is 0.776. The summed E-state index contributed by atoms with van der Waals surface area (Å²) in [5.41, 5.74) is 8.81. The molecule has 1 aromatic rings. The van der Waals surface area contributed by atoms with E-state index >= 15 is 0 Å². The van der Waals surface area contributed by atoms with Crippen molar-refractivity contribution in [3.05, 3.63) is 41.7 Å². The van der Waals surface area contributed by atoms with Gasteiger partial charge in [-0.05, 0) is 12.1 Å². The van der Waals surface area contributed by atoms with Crippen LogP contribution in [-0.2, 0) is 0 Å². The molecule has 4 heteroatoms. The van der Waals surface area contributed by atoms with Crippen LogP contribution in [-0.4, -0.2) is 13.1 Å². The molecule has 1 aliphatic rings. The minimum absolute atomic E-state index is 0.332. The van der Waals surface area contributed by atoms with Gasteiger partial charge < -0.3 is 11.1 Å². The Bertz CT molecular complexity index is 385. The first-order valence-electron chi connectivity index (χ1n) is 5.49. The summed E-state index contributed by atoms with van der Waals surface area (Å²) in [6.07, 6.45) is 0. The molecule has 16 heavy (non-hydrogen) atoms. The number of hydrogen-bond acceptors (Lipinski definition) is 4. The highest BCUT2D eigenvalue weighted by Gasteiger charge is 2.22. The third-order valence-corrected chi connectivity index (χ3v) is 2.86. The smallest absolute Gasteiger partial charge is 0.0590 e. The Morgan fingerprint density at radius 2 is 2.00 bits per heavy atom. The molecule has 0 aliphatic carbocycles. The second-order valence-electron chi connectivity index (χ2n) is 4.15. The number of nitrogens with one attached hydrogen (secondary N) is 1. The third kappa shape index (κ3) is 2.03. The summed E-state index contributed by atoms with van der Waals surface area (Å²) in [5, 5.41) is 4.95. The molecule has 0 amide bonds. The van der Waals surface area contributed by atoms with Crippen LogP contribution in [0.4, 0.5) is 5.69 Å². The van der Waals surface area contributed by atoms with Crippen molar-refractivity contribution >= 4 is 5.69 Å². The van der Waals surface area contributed by atoms with Crippen LogP contribution in [0.3, 0.4) is 0 Å². The van der Waals surface area contributed by atoms with Crippen molar-refractivity contribution in [1.82, 2.24) is 5.32 Å². The lowest BCUT2D eigenvalue weighted by atomic mass is 10.0. The SMILES string of the molecule is CC1CNCC(N)=C1N(N)c1ccccc1. The van der Waals surface area contributed by atoms with Gasteiger partial charge in [-0.3, -0.25) is 5.01 Å². The summed E-state index contributed by atoms with van der Waals surface area (Å²) < 4.78 is 0. The lowest BCUT2D eigenvalue weighted by molar-refractivity contribution is 0.530. The minimum Gasteiger partial charge on any atom is -0.400 e. The fraction of sp³-hybridized carbons (Fsp3) is 0.333. The van der Waals surface area contributed by atoms with Crippen LogP contribution in [0.1, 0.15) is 6.92 Å². The molecule has 86 valence electrons. The normalized spacial score (nSPS) is 21.0. The molecule has 4 nitrogen and oxygen atoms in total. The van der Waals surface area contributed by atoms with Crippen molar-refractivity contribution in [3.63, 3.8) is 0 Å². The predicted molar refractivity (Wildman–Crippen MR) is 66.4 cm³/mol. The topological polar surface area (TPSA) is 67.3 Å². The van der Waals surface area contributed by atoms with Gasteiger partial charge in [-0.2, -0.15) is 0 Å². The molecule has 0 saturated heterocycles. The largest absolute Gasteiger partial charge is 0.400 e. The van der Waals surface area contributed by atoms with E-state index in [1.54, 1.807) is 5.01 Å². The third-order valence-electron chi connectivity index (χ3n) is 2.86. The molecule has 1 atom stereocenters. The Kier molecular flexibility index (Phi) is 3.12. The first-order valence-corrected chi connectivity index (χ1v) is 5.49. The summed E-state index contributed by atoms with van der Waals surface area (Å²) in [7, 11) is 0. The van der Waals surface area contributed by atoms with Crippen molar-refractivity contribution in [2.24, 2.45) is 17.5 Å². The number of hydrazine groups is 1. The highest BCUT2D eigenvalue weighted by molar-refractivity contribution is 5.51. The van der Waals surface area contributed by atoms with E-state index in [0.717, 1.165) is 23.6 Å². The maximum Gasteiger partial charge on any atom is 0.0590 e. The van der Waals surface area contributed by atoms with Gasteiger partial charge in [0.15, 0.2) is 0 Å². The van der Waals surface area contributed by atoms with Gasteiger partial charge in [0.1, 0.15) is 0 Å². The highest BCUT2D eigenvalue weighted by Crippen LogP contribution is 2.23. The molecule has 1 aromatic carbocycles. The van der Waals surface area contributed by atoms with Crippen molar-refractivity contribution in [3.8, 4) is 0 Å². The quantitative estimate of drug-likeness (QED) is 0.507. The van der Waals surface area contributed by atoms with E-state index in [-0.39, 0.29) is 0 Å². The molecule has 1 aliphatic heterocycles. The average Bonchev–Trinajstić information content (AvgIpc) is 2.30. The summed E-state index contributed by atoms with van der Waals surface area (Å²) in [6.45, 7) is 3.74. The summed E-state index contributed by atoms with van der Waals surface area (Å²) >= 11 is 0. The van der Waals surface area contributed by atoms with Crippen LogP contribution in [0, 0.1) is 5.92 Å². The minimum atomic E-state index is 0.332. The lowest BCUT2D eigenvalue weighted by Gasteiger charge is -2.32. The Morgan fingerprint density at radius 3 is 2.62 bits per heavy atom. The van der Waals surface area contributed by atoms with E-state index in [1.165, 1.54) is 0 Å². The van der Waals surface area contributed by atoms with Crippen LogP contribution in [0.15, 0.2) is 41.7 Å². The molecule has 1 heterocycles. The van der Waals surface area contributed by atoms with Gasteiger partial charge in [-0.15, -0.1) is 0 Å². The van der Waals surface area contributed by atoms with E-state index in [4.69, 9.17) is 11.6 Å². The Hall–Kier alpha value is -1.52. The first-order chi connectivity index (χ1) is 7.70. The van der Waals surface area contributed by atoms with Crippen molar-refractivity contribution in [2.75, 3.05) is 18.1 Å². The van der Waals surface area contributed by atoms with Crippen LogP contribution in [0.25, 0.3) is 0 Å². The average molecular weight is 218 g/mol. The van der Waals surface area contributed by atoms with E-state index in [9.17, 15) is 0 Å². The number of rotatable bonds is 2. The van der Waals surface area contributed by atoms with E-state index in [0.29, 0.717) is 12.5 Å². The van der Waals surface area contributed by atoms with E-state index in [2.05, 4.69) is 12.2 Å². The van der Waals surface area contributed by atoms with Gasteiger partial charge in [0.25, 0.3) is 0 Å². The monoisotopic (exact) mass is 218 g/mol. The van der Waals surface area contributed by atoms with Gasteiger partial charge in [-0.25, -0.2) is 5.84 Å². The molecule has 5 N–H and O–H groups in total. The fourth-order valence-corrected chi connectivity index (χ4v) is 2.05. The Balaban J connectivity index is 2.30. The summed E-state index contributed by atoms with van der Waals surface area (Å²) in [5.74, 6) is 6.45. The van der Waals surface area contributed by atoms with Crippen LogP contribution in [0.5, 0.6) is 0 Å². The lowest BCUT2D eigenvalue weighted by Crippen LogP contribution is -2.43. The number of nitrogens with zero attached hydrogens (tertiary/aromatic N) is 1. The summed E-state index contributed by atoms with van der Waals surface area (Å²) in [4.78, 5) is 0. The molecule has 0 radical (unpaired) electrons. The fourth-order valence-electron chi connectivity index (χ4n) is 2.05. The molecule has 1 unspecified atom stereocenters. The van der Waals surface area contributed by atoms with Crippen molar-refractivity contribution < 1.29 is 0 Å². The highest BCUT2D eigenvalue weighted by atomic mass is 15.4. The van der Waals surface area contributed by atoms with Gasteiger partial charge in [-0.1, -0.05) is 25.1 Å². The molecular formula is C12H18N4. The second kappa shape index (κ2) is 4.55. The number of hydrogen-bond donors (Lipinski definition) is 3. The zero-order chi connectivity index (χ0) is 11.5. The number of benzene rings is 1. The second-order valence-corrected chi connectivity index (χ2v) is 4.15. The van der Waals surface area contributed by atoms with Gasteiger partial charge in [0, 0.05) is 24.7 Å². The summed E-state index contributed by atoms with van der Waals surface area (Å²) in [6, 6.07) is 9.88. The standard InChI is InChI=1S/C12H18N4/c1-9-7-15-8-11(13)12(9)16(14)10-5-3-2-4-6-10/h2-6,9,15H,7-8,13-14H2,1H3.